The van der Waals surface area contributed by atoms with E-state index in [-0.39, 0.29) is 6.61 Å². The van der Waals surface area contributed by atoms with E-state index < -0.39 is 24.5 Å². The van der Waals surface area contributed by atoms with Crippen LogP contribution in [0.15, 0.2) is 0 Å². The molecule has 5 nitrogen and oxygen atoms in total. The van der Waals surface area contributed by atoms with Gasteiger partial charge >= 0.3 is 0 Å². The highest BCUT2D eigenvalue weighted by molar-refractivity contribution is 4.88. The van der Waals surface area contributed by atoms with E-state index in [1.165, 1.54) is 7.11 Å². The Morgan fingerprint density at radius 2 is 2.09 bits per heavy atom. The van der Waals surface area contributed by atoms with Crippen LogP contribution < -0.4 is 11.5 Å². The van der Waals surface area contributed by atoms with Gasteiger partial charge in [-0.25, -0.2) is 0 Å². The molecule has 1 aliphatic heterocycles. The topological polar surface area (TPSA) is 90.7 Å². The molecule has 0 aromatic heterocycles. The average Bonchev–Trinajstić information content (AvgIpc) is 2.01. The van der Waals surface area contributed by atoms with Crippen LogP contribution in [0.4, 0.5) is 0 Å². The van der Waals surface area contributed by atoms with E-state index >= 15 is 0 Å². The largest absolute Gasteiger partial charge is 0.389 e. The van der Waals surface area contributed by atoms with E-state index in [1.807, 2.05) is 0 Å². The number of methoxy groups -OCH3 is 1. The molecule has 0 aromatic carbocycles. The Morgan fingerprint density at radius 1 is 1.45 bits per heavy atom. The first-order valence-corrected chi connectivity index (χ1v) is 3.50. The van der Waals surface area contributed by atoms with E-state index in [2.05, 4.69) is 0 Å². The van der Waals surface area contributed by atoms with Crippen molar-refractivity contribution >= 4 is 0 Å². The van der Waals surface area contributed by atoms with Crippen LogP contribution >= 0.6 is 0 Å². The summed E-state index contributed by atoms with van der Waals surface area (Å²) < 4.78 is 9.93. The third-order valence-electron chi connectivity index (χ3n) is 1.87. The number of aliphatic hydroxyl groups is 1. The normalized spacial score (nSPS) is 45.8. The number of aliphatic hydroxyl groups excluding tert-OH is 1. The Hall–Kier alpha value is -0.200. The SMILES string of the molecule is COC1OC[C@H](O)[C@@H](N)[C@@H]1N. The minimum atomic E-state index is -0.684. The fraction of sp³-hybridized carbons (Fsp3) is 1.00. The first kappa shape index (κ1) is 8.89. The number of rotatable bonds is 1. The highest BCUT2D eigenvalue weighted by atomic mass is 16.7. The van der Waals surface area contributed by atoms with Crippen LogP contribution in [0.3, 0.4) is 0 Å². The van der Waals surface area contributed by atoms with Gasteiger partial charge in [0.15, 0.2) is 6.29 Å². The Balaban J connectivity index is 2.52. The van der Waals surface area contributed by atoms with Gasteiger partial charge in [-0.2, -0.15) is 0 Å². The van der Waals surface area contributed by atoms with Gasteiger partial charge < -0.3 is 26.0 Å². The Kier molecular flexibility index (Phi) is 2.80. The van der Waals surface area contributed by atoms with Crippen LogP contribution in [0.1, 0.15) is 0 Å². The van der Waals surface area contributed by atoms with Crippen LogP contribution in [0, 0.1) is 0 Å². The first-order chi connectivity index (χ1) is 5.16. The molecule has 5 heteroatoms. The fourth-order valence-electron chi connectivity index (χ4n) is 1.08. The maximum Gasteiger partial charge on any atom is 0.173 e. The summed E-state index contributed by atoms with van der Waals surface area (Å²) in [5.41, 5.74) is 11.1. The lowest BCUT2D eigenvalue weighted by Crippen LogP contribution is -2.61. The van der Waals surface area contributed by atoms with E-state index in [1.54, 1.807) is 0 Å². The molecule has 0 aromatic rings. The number of ether oxygens (including phenoxy) is 2. The Labute approximate surface area is 65.3 Å². The first-order valence-electron chi connectivity index (χ1n) is 3.50. The van der Waals surface area contributed by atoms with Crippen LogP contribution in [0.2, 0.25) is 0 Å². The van der Waals surface area contributed by atoms with E-state index in [0.717, 1.165) is 0 Å². The molecule has 0 saturated carbocycles. The van der Waals surface area contributed by atoms with Gasteiger partial charge in [-0.05, 0) is 0 Å². The van der Waals surface area contributed by atoms with Crippen molar-refractivity contribution in [1.82, 2.24) is 0 Å². The summed E-state index contributed by atoms with van der Waals surface area (Å²) >= 11 is 0. The summed E-state index contributed by atoms with van der Waals surface area (Å²) in [6.07, 6.45) is -1.18. The van der Waals surface area contributed by atoms with Crippen LogP contribution in [-0.4, -0.2) is 43.3 Å². The molecule has 5 N–H and O–H groups in total. The second-order valence-corrected chi connectivity index (χ2v) is 2.66. The molecule has 4 atom stereocenters. The molecular formula is C6H14N2O3. The minimum absolute atomic E-state index is 0.188. The van der Waals surface area contributed by atoms with Gasteiger partial charge in [-0.1, -0.05) is 0 Å². The van der Waals surface area contributed by atoms with Crippen molar-refractivity contribution in [2.45, 2.75) is 24.5 Å². The lowest BCUT2D eigenvalue weighted by atomic mass is 10.0. The maximum atomic E-state index is 9.18. The highest BCUT2D eigenvalue weighted by Crippen LogP contribution is 2.11. The Morgan fingerprint density at radius 3 is 2.64 bits per heavy atom. The molecule has 11 heavy (non-hydrogen) atoms. The Bertz CT molecular complexity index is 131. The van der Waals surface area contributed by atoms with Crippen molar-refractivity contribution in [3.05, 3.63) is 0 Å². The number of hydrogen-bond acceptors (Lipinski definition) is 5. The third kappa shape index (κ3) is 1.69. The van der Waals surface area contributed by atoms with Gasteiger partial charge in [-0.3, -0.25) is 0 Å². The van der Waals surface area contributed by atoms with Gasteiger partial charge in [0.05, 0.1) is 24.8 Å². The monoisotopic (exact) mass is 162 g/mol. The molecule has 0 radical (unpaired) electrons. The summed E-state index contributed by atoms with van der Waals surface area (Å²) in [4.78, 5) is 0. The van der Waals surface area contributed by atoms with E-state index in [0.29, 0.717) is 0 Å². The molecule has 0 aliphatic carbocycles. The maximum absolute atomic E-state index is 9.18. The average molecular weight is 162 g/mol. The van der Waals surface area contributed by atoms with E-state index in [9.17, 15) is 5.11 Å². The molecule has 1 unspecified atom stereocenters. The molecule has 1 aliphatic rings. The third-order valence-corrected chi connectivity index (χ3v) is 1.87. The van der Waals surface area contributed by atoms with Gasteiger partial charge in [0.2, 0.25) is 0 Å². The van der Waals surface area contributed by atoms with Crippen LogP contribution in [0.5, 0.6) is 0 Å². The molecule has 0 amide bonds. The van der Waals surface area contributed by atoms with E-state index in [4.69, 9.17) is 20.9 Å². The predicted molar refractivity (Wildman–Crippen MR) is 38.7 cm³/mol. The van der Waals surface area contributed by atoms with Gasteiger partial charge in [-0.15, -0.1) is 0 Å². The molecule has 66 valence electrons. The van der Waals surface area contributed by atoms with Crippen molar-refractivity contribution in [3.63, 3.8) is 0 Å². The number of nitrogens with two attached hydrogens (primary N) is 2. The number of hydrogen-bond donors (Lipinski definition) is 3. The summed E-state index contributed by atoms with van der Waals surface area (Å²) in [6, 6.07) is -0.919. The van der Waals surface area contributed by atoms with Crippen molar-refractivity contribution in [3.8, 4) is 0 Å². The lowest BCUT2D eigenvalue weighted by Gasteiger charge is -2.35. The standard InChI is InChI=1S/C6H14N2O3/c1-10-6-5(8)4(7)3(9)2-11-6/h3-6,9H,2,7-8H2,1H3/t3-,4+,5-,6?/m0/s1. The quantitative estimate of drug-likeness (QED) is 0.415. The fourth-order valence-corrected chi connectivity index (χ4v) is 1.08. The van der Waals surface area contributed by atoms with Gasteiger partial charge in [0.1, 0.15) is 0 Å². The predicted octanol–water partition coefficient (Wildman–Crippen LogP) is -2.00. The smallest absolute Gasteiger partial charge is 0.173 e. The molecule has 1 heterocycles. The zero-order valence-electron chi connectivity index (χ0n) is 6.43. The van der Waals surface area contributed by atoms with Gasteiger partial charge in [0, 0.05) is 7.11 Å². The van der Waals surface area contributed by atoms with Gasteiger partial charge in [0.25, 0.3) is 0 Å². The second-order valence-electron chi connectivity index (χ2n) is 2.66. The van der Waals surface area contributed by atoms with Crippen molar-refractivity contribution < 1.29 is 14.6 Å². The van der Waals surface area contributed by atoms with Crippen molar-refractivity contribution in [2.24, 2.45) is 11.5 Å². The van der Waals surface area contributed by atoms with Crippen LogP contribution in [0.25, 0.3) is 0 Å². The lowest BCUT2D eigenvalue weighted by molar-refractivity contribution is -0.188. The second kappa shape index (κ2) is 3.46. The summed E-state index contributed by atoms with van der Waals surface area (Å²) in [7, 11) is 1.49. The van der Waals surface area contributed by atoms with Crippen LogP contribution in [-0.2, 0) is 9.47 Å². The molecule has 1 fully saturated rings. The molecule has 1 rings (SSSR count). The molecule has 0 spiro atoms. The molecular weight excluding hydrogens is 148 g/mol. The molecule has 0 bridgehead atoms. The summed E-state index contributed by atoms with van der Waals surface area (Å²) in [5, 5.41) is 9.18. The summed E-state index contributed by atoms with van der Waals surface area (Å²) in [5.74, 6) is 0. The highest BCUT2D eigenvalue weighted by Gasteiger charge is 2.34. The molecule has 1 saturated heterocycles. The minimum Gasteiger partial charge on any atom is -0.389 e. The zero-order chi connectivity index (χ0) is 8.43. The van der Waals surface area contributed by atoms with Crippen molar-refractivity contribution in [1.29, 1.82) is 0 Å². The zero-order valence-corrected chi connectivity index (χ0v) is 6.43. The van der Waals surface area contributed by atoms with Crippen molar-refractivity contribution in [2.75, 3.05) is 13.7 Å². The summed E-state index contributed by atoms with van der Waals surface area (Å²) in [6.45, 7) is 0.188.